The van der Waals surface area contributed by atoms with E-state index >= 15 is 0 Å². The molecule has 5 heteroatoms. The first-order chi connectivity index (χ1) is 20.0. The molecule has 0 aliphatic carbocycles. The maximum Gasteiger partial charge on any atom is 0.397 e. The van der Waals surface area contributed by atoms with Crippen LogP contribution in [-0.4, -0.2) is 19.6 Å². The summed E-state index contributed by atoms with van der Waals surface area (Å²) in [6.45, 7) is 4.59. The average Bonchev–Trinajstić information content (AvgIpc) is 2.94. The Hall–Kier alpha value is -0.390. The van der Waals surface area contributed by atoms with Crippen molar-refractivity contribution in [3.63, 3.8) is 0 Å². The van der Waals surface area contributed by atoms with Crippen LogP contribution in [0.1, 0.15) is 206 Å². The highest BCUT2D eigenvalue weighted by molar-refractivity contribution is 7.80. The van der Waals surface area contributed by atoms with Crippen molar-refractivity contribution < 1.29 is 17.2 Å². The molecule has 0 spiro atoms. The van der Waals surface area contributed by atoms with Crippen molar-refractivity contribution in [3.05, 3.63) is 12.2 Å². The van der Waals surface area contributed by atoms with Gasteiger partial charge in [0, 0.05) is 5.92 Å². The molecule has 0 radical (unpaired) electrons. The molecule has 0 saturated heterocycles. The van der Waals surface area contributed by atoms with Gasteiger partial charge in [-0.15, -0.1) is 0 Å². The van der Waals surface area contributed by atoms with Crippen molar-refractivity contribution >= 4 is 10.4 Å². The normalized spacial score (nSPS) is 13.0. The summed E-state index contributed by atoms with van der Waals surface area (Å²) < 4.78 is 35.8. The zero-order valence-electron chi connectivity index (χ0n) is 27.7. The van der Waals surface area contributed by atoms with Crippen LogP contribution in [0, 0.1) is 5.92 Å². The quantitative estimate of drug-likeness (QED) is 0.0453. The fourth-order valence-electron chi connectivity index (χ4n) is 5.75. The van der Waals surface area contributed by atoms with E-state index in [1.165, 1.54) is 173 Å². The highest BCUT2D eigenvalue weighted by Gasteiger charge is 2.11. The van der Waals surface area contributed by atoms with Gasteiger partial charge >= 0.3 is 10.4 Å². The van der Waals surface area contributed by atoms with E-state index in [4.69, 9.17) is 8.74 Å². The van der Waals surface area contributed by atoms with E-state index in [0.717, 1.165) is 19.3 Å². The summed E-state index contributed by atoms with van der Waals surface area (Å²) in [5.74, 6) is 0.0567. The predicted molar refractivity (Wildman–Crippen MR) is 180 cm³/mol. The number of hydrogen-bond donors (Lipinski definition) is 1. The maximum atomic E-state index is 11.1. The molecular weight excluding hydrogens is 528 g/mol. The molecule has 1 unspecified atom stereocenters. The van der Waals surface area contributed by atoms with E-state index in [0.29, 0.717) is 0 Å². The minimum absolute atomic E-state index is 0.0478. The number of allylic oxidation sites excluding steroid dienone is 1. The van der Waals surface area contributed by atoms with Gasteiger partial charge in [-0.25, -0.2) is 4.18 Å². The summed E-state index contributed by atoms with van der Waals surface area (Å²) in [5.41, 5.74) is 0. The van der Waals surface area contributed by atoms with Crippen LogP contribution in [0.4, 0.5) is 0 Å². The molecule has 41 heavy (non-hydrogen) atoms. The lowest BCUT2D eigenvalue weighted by molar-refractivity contribution is 0.234. The summed E-state index contributed by atoms with van der Waals surface area (Å²) in [7, 11) is -4.37. The van der Waals surface area contributed by atoms with Crippen LogP contribution in [0.25, 0.3) is 0 Å². The van der Waals surface area contributed by atoms with Gasteiger partial charge in [-0.2, -0.15) is 8.42 Å². The highest BCUT2D eigenvalue weighted by atomic mass is 32.3. The lowest BCUT2D eigenvalue weighted by atomic mass is 9.99. The molecular formula is C36H72O4S. The first-order valence-corrected chi connectivity index (χ1v) is 19.6. The third-order valence-electron chi connectivity index (χ3n) is 8.49. The maximum absolute atomic E-state index is 11.1. The van der Waals surface area contributed by atoms with E-state index in [-0.39, 0.29) is 12.5 Å². The molecule has 0 fully saturated rings. The zero-order chi connectivity index (χ0) is 30.1. The largest absolute Gasteiger partial charge is 0.397 e. The van der Waals surface area contributed by atoms with Crippen molar-refractivity contribution in [1.29, 1.82) is 0 Å². The van der Waals surface area contributed by atoms with Gasteiger partial charge in [0.25, 0.3) is 0 Å². The third-order valence-corrected chi connectivity index (χ3v) is 8.93. The van der Waals surface area contributed by atoms with E-state index < -0.39 is 10.4 Å². The van der Waals surface area contributed by atoms with E-state index in [2.05, 4.69) is 26.0 Å². The number of unbranched alkanes of at least 4 members (excludes halogenated alkanes) is 27. The predicted octanol–water partition coefficient (Wildman–Crippen LogP) is 12.7. The molecule has 1 N–H and O–H groups in total. The second-order valence-corrected chi connectivity index (χ2v) is 13.8. The minimum atomic E-state index is -4.37. The highest BCUT2D eigenvalue weighted by Crippen LogP contribution is 2.18. The summed E-state index contributed by atoms with van der Waals surface area (Å²) >= 11 is 0. The molecule has 4 nitrogen and oxygen atoms in total. The van der Waals surface area contributed by atoms with Gasteiger partial charge in [-0.3, -0.25) is 4.55 Å². The van der Waals surface area contributed by atoms with Crippen LogP contribution in [0.15, 0.2) is 12.2 Å². The minimum Gasteiger partial charge on any atom is -0.264 e. The Morgan fingerprint density at radius 2 is 0.829 bits per heavy atom. The molecule has 0 amide bonds. The standard InChI is InChI=1S/C36H72O4S/c1-3-5-7-9-11-13-15-16-17-18-19-20-21-22-24-26-28-30-32-34-36(35-40-41(37,38)39)33-31-29-27-25-23-14-12-10-8-6-4-2/h32,34,36H,3-31,33,35H2,1-2H3,(H,37,38,39)/b34-32+. The van der Waals surface area contributed by atoms with E-state index in [1.54, 1.807) is 0 Å². The Labute approximate surface area is 258 Å². The van der Waals surface area contributed by atoms with Crippen LogP contribution >= 0.6 is 0 Å². The van der Waals surface area contributed by atoms with Gasteiger partial charge in [0.05, 0.1) is 6.61 Å². The third kappa shape index (κ3) is 35.7. The second kappa shape index (κ2) is 32.5. The van der Waals surface area contributed by atoms with Gasteiger partial charge in [0.2, 0.25) is 0 Å². The van der Waals surface area contributed by atoms with Crippen molar-refractivity contribution in [3.8, 4) is 0 Å². The molecule has 0 aromatic rings. The van der Waals surface area contributed by atoms with Gasteiger partial charge in [0.1, 0.15) is 0 Å². The fraction of sp³-hybridized carbons (Fsp3) is 0.944. The lowest BCUT2D eigenvalue weighted by Crippen LogP contribution is -2.12. The van der Waals surface area contributed by atoms with Crippen LogP contribution in [-0.2, 0) is 14.6 Å². The van der Waals surface area contributed by atoms with Crippen molar-refractivity contribution in [2.75, 3.05) is 6.61 Å². The van der Waals surface area contributed by atoms with Gasteiger partial charge in [0.15, 0.2) is 0 Å². The molecule has 0 aromatic carbocycles. The molecule has 0 aliphatic rings. The van der Waals surface area contributed by atoms with Crippen LogP contribution < -0.4 is 0 Å². The Balaban J connectivity index is 3.71. The summed E-state index contributed by atoms with van der Waals surface area (Å²) in [6.07, 6.45) is 44.2. The van der Waals surface area contributed by atoms with Crippen LogP contribution in [0.3, 0.4) is 0 Å². The van der Waals surface area contributed by atoms with E-state index in [1.807, 2.05) is 0 Å². The number of rotatable bonds is 34. The first-order valence-electron chi connectivity index (χ1n) is 18.3. The molecule has 246 valence electrons. The fourth-order valence-corrected chi connectivity index (χ4v) is 6.10. The van der Waals surface area contributed by atoms with Crippen molar-refractivity contribution in [2.24, 2.45) is 5.92 Å². The molecule has 0 heterocycles. The first kappa shape index (κ1) is 40.6. The van der Waals surface area contributed by atoms with Gasteiger partial charge < -0.3 is 0 Å². The Morgan fingerprint density at radius 3 is 1.17 bits per heavy atom. The Kier molecular flexibility index (Phi) is 32.2. The molecule has 0 bridgehead atoms. The summed E-state index contributed by atoms with van der Waals surface area (Å²) in [4.78, 5) is 0. The zero-order valence-corrected chi connectivity index (χ0v) is 28.5. The molecule has 0 aromatic heterocycles. The molecule has 0 rings (SSSR count). The van der Waals surface area contributed by atoms with Gasteiger partial charge in [-0.05, 0) is 19.3 Å². The Morgan fingerprint density at radius 1 is 0.512 bits per heavy atom. The smallest absolute Gasteiger partial charge is 0.264 e. The summed E-state index contributed by atoms with van der Waals surface area (Å²) in [5, 5.41) is 0. The van der Waals surface area contributed by atoms with E-state index in [9.17, 15) is 8.42 Å². The topological polar surface area (TPSA) is 63.6 Å². The molecule has 0 saturated carbocycles. The number of hydrogen-bond acceptors (Lipinski definition) is 3. The second-order valence-electron chi connectivity index (χ2n) is 12.7. The van der Waals surface area contributed by atoms with Crippen LogP contribution in [0.2, 0.25) is 0 Å². The van der Waals surface area contributed by atoms with Crippen molar-refractivity contribution in [2.45, 2.75) is 206 Å². The van der Waals surface area contributed by atoms with Crippen molar-refractivity contribution in [1.82, 2.24) is 0 Å². The van der Waals surface area contributed by atoms with Crippen LogP contribution in [0.5, 0.6) is 0 Å². The Bertz CT molecular complexity index is 631. The monoisotopic (exact) mass is 601 g/mol. The molecule has 0 aliphatic heterocycles. The van der Waals surface area contributed by atoms with Gasteiger partial charge in [-0.1, -0.05) is 199 Å². The SMILES string of the molecule is CCCCCCCCCCCCCCCCCCC/C=C/C(CCCCCCCCCCCCC)COS(=O)(=O)O. The summed E-state index contributed by atoms with van der Waals surface area (Å²) in [6, 6.07) is 0. The molecule has 1 atom stereocenters. The lowest BCUT2D eigenvalue weighted by Gasteiger charge is -2.12. The average molecular weight is 601 g/mol.